The number of ether oxygens (including phenoxy) is 2. The average Bonchev–Trinajstić information content (AvgIpc) is 2.69. The number of benzene rings is 2. The first-order valence-electron chi connectivity index (χ1n) is 9.02. The van der Waals surface area contributed by atoms with Crippen molar-refractivity contribution in [2.45, 2.75) is 25.0 Å². The molecule has 4 rings (SSSR count). The quantitative estimate of drug-likeness (QED) is 0.849. The summed E-state index contributed by atoms with van der Waals surface area (Å²) in [5, 5.41) is 8.92. The van der Waals surface area contributed by atoms with Gasteiger partial charge in [-0.3, -0.25) is 4.90 Å². The Kier molecular flexibility index (Phi) is 4.87. The smallest absolute Gasteiger partial charge is 0.144 e. The Morgan fingerprint density at radius 3 is 2.73 bits per heavy atom. The van der Waals surface area contributed by atoms with Crippen LogP contribution in [0.4, 0.5) is 4.39 Å². The minimum absolute atomic E-state index is 0.0334. The maximum atomic E-state index is 14.0. The monoisotopic (exact) mass is 352 g/mol. The molecule has 0 unspecified atom stereocenters. The molecule has 2 aromatic carbocycles. The van der Waals surface area contributed by atoms with E-state index in [9.17, 15) is 4.39 Å². The molecule has 26 heavy (non-hydrogen) atoms. The first-order valence-corrected chi connectivity index (χ1v) is 9.02. The Morgan fingerprint density at radius 1 is 1.15 bits per heavy atom. The van der Waals surface area contributed by atoms with E-state index < -0.39 is 5.82 Å². The van der Waals surface area contributed by atoms with Crippen LogP contribution in [0.5, 0.6) is 5.75 Å². The van der Waals surface area contributed by atoms with Crippen LogP contribution < -0.4 is 4.74 Å². The lowest BCUT2D eigenvalue weighted by molar-refractivity contribution is -0.0215. The molecule has 2 atom stereocenters. The van der Waals surface area contributed by atoms with Crippen LogP contribution in [-0.4, -0.2) is 37.2 Å². The maximum Gasteiger partial charge on any atom is 0.144 e. The van der Waals surface area contributed by atoms with Gasteiger partial charge in [-0.15, -0.1) is 0 Å². The number of aryl methyl sites for hydroxylation is 1. The summed E-state index contributed by atoms with van der Waals surface area (Å²) < 4.78 is 25.8. The molecule has 0 spiro atoms. The molecule has 0 bridgehead atoms. The first-order chi connectivity index (χ1) is 12.8. The molecule has 1 aliphatic carbocycles. The number of nitrogens with zero attached hydrogens (tertiary/aromatic N) is 2. The van der Waals surface area contributed by atoms with E-state index in [-0.39, 0.29) is 17.7 Å². The van der Waals surface area contributed by atoms with E-state index in [4.69, 9.17) is 14.7 Å². The van der Waals surface area contributed by atoms with E-state index in [1.165, 1.54) is 23.3 Å². The molecule has 1 aliphatic heterocycles. The average molecular weight is 352 g/mol. The largest absolute Gasteiger partial charge is 0.484 e. The van der Waals surface area contributed by atoms with Crippen molar-refractivity contribution in [2.24, 2.45) is 0 Å². The Morgan fingerprint density at radius 2 is 1.96 bits per heavy atom. The van der Waals surface area contributed by atoms with Gasteiger partial charge in [0, 0.05) is 19.2 Å². The van der Waals surface area contributed by atoms with Gasteiger partial charge in [0.2, 0.25) is 0 Å². The van der Waals surface area contributed by atoms with Gasteiger partial charge in [-0.2, -0.15) is 5.26 Å². The highest BCUT2D eigenvalue weighted by atomic mass is 19.1. The molecule has 1 heterocycles. The van der Waals surface area contributed by atoms with E-state index >= 15 is 0 Å². The van der Waals surface area contributed by atoms with Crippen molar-refractivity contribution in [1.29, 1.82) is 5.26 Å². The van der Waals surface area contributed by atoms with E-state index in [2.05, 4.69) is 17.0 Å². The van der Waals surface area contributed by atoms with Gasteiger partial charge < -0.3 is 9.47 Å². The zero-order valence-corrected chi connectivity index (χ0v) is 14.5. The number of rotatable bonds is 3. The van der Waals surface area contributed by atoms with Crippen LogP contribution in [0.25, 0.3) is 0 Å². The molecule has 0 radical (unpaired) electrons. The fraction of sp³-hybridized carbons (Fsp3) is 0.381. The summed E-state index contributed by atoms with van der Waals surface area (Å²) in [4.78, 5) is 2.42. The van der Waals surface area contributed by atoms with Crippen LogP contribution in [0.1, 0.15) is 29.2 Å². The maximum absolute atomic E-state index is 14.0. The highest BCUT2D eigenvalue weighted by molar-refractivity contribution is 5.38. The Hall–Kier alpha value is -2.42. The fourth-order valence-corrected chi connectivity index (χ4v) is 3.93. The van der Waals surface area contributed by atoms with Crippen LogP contribution in [0.2, 0.25) is 0 Å². The van der Waals surface area contributed by atoms with Gasteiger partial charge in [0.25, 0.3) is 0 Å². The summed E-state index contributed by atoms with van der Waals surface area (Å²) >= 11 is 0. The van der Waals surface area contributed by atoms with E-state index in [1.54, 1.807) is 6.07 Å². The zero-order valence-electron chi connectivity index (χ0n) is 14.5. The van der Waals surface area contributed by atoms with Crippen molar-refractivity contribution in [3.8, 4) is 11.8 Å². The van der Waals surface area contributed by atoms with Crippen LogP contribution >= 0.6 is 0 Å². The summed E-state index contributed by atoms with van der Waals surface area (Å²) in [5.74, 6) is -0.0847. The van der Waals surface area contributed by atoms with Gasteiger partial charge in [0.05, 0.1) is 24.8 Å². The summed E-state index contributed by atoms with van der Waals surface area (Å²) in [7, 11) is 0. The number of halogens is 1. The minimum Gasteiger partial charge on any atom is -0.484 e. The molecule has 0 saturated carbocycles. The molecular weight excluding hydrogens is 331 g/mol. The highest BCUT2D eigenvalue weighted by Crippen LogP contribution is 2.37. The second-order valence-corrected chi connectivity index (χ2v) is 6.75. The molecule has 1 fully saturated rings. The number of fused-ring (bicyclic) bond motifs is 1. The number of hydrogen-bond donors (Lipinski definition) is 0. The van der Waals surface area contributed by atoms with Gasteiger partial charge in [-0.1, -0.05) is 24.3 Å². The predicted octanol–water partition coefficient (Wildman–Crippen LogP) is 3.46. The molecule has 5 heteroatoms. The minimum atomic E-state index is -0.544. The van der Waals surface area contributed by atoms with Crippen molar-refractivity contribution in [1.82, 2.24) is 4.90 Å². The van der Waals surface area contributed by atoms with E-state index in [0.717, 1.165) is 39.1 Å². The van der Waals surface area contributed by atoms with Gasteiger partial charge in [-0.25, -0.2) is 4.39 Å². The second kappa shape index (κ2) is 7.45. The Labute approximate surface area is 152 Å². The molecule has 134 valence electrons. The topological polar surface area (TPSA) is 45.5 Å². The van der Waals surface area contributed by atoms with Gasteiger partial charge in [0.15, 0.2) is 0 Å². The van der Waals surface area contributed by atoms with Gasteiger partial charge in [0.1, 0.15) is 23.7 Å². The Bertz CT molecular complexity index is 827. The molecule has 0 N–H and O–H groups in total. The van der Waals surface area contributed by atoms with Gasteiger partial charge >= 0.3 is 0 Å². The SMILES string of the molecule is N#Cc1ccc(O[C@H]2c3ccccc3CC[C@@H]2N2CCOCC2)cc1F. The first kappa shape index (κ1) is 17.0. The van der Waals surface area contributed by atoms with E-state index in [0.29, 0.717) is 5.75 Å². The molecule has 4 nitrogen and oxygen atoms in total. The van der Waals surface area contributed by atoms with Crippen LogP contribution in [-0.2, 0) is 11.2 Å². The van der Waals surface area contributed by atoms with Crippen molar-refractivity contribution in [3.05, 3.63) is 65.0 Å². The van der Waals surface area contributed by atoms with Gasteiger partial charge in [-0.05, 0) is 36.1 Å². The highest BCUT2D eigenvalue weighted by Gasteiger charge is 2.35. The molecule has 0 amide bonds. The molecule has 1 saturated heterocycles. The standard InChI is InChI=1S/C21H21FN2O2/c22-19-13-17(7-5-16(19)14-23)26-21-18-4-2-1-3-15(18)6-8-20(21)24-9-11-25-12-10-24/h1-5,7,13,20-21H,6,8-12H2/t20-,21-/m0/s1. The van der Waals surface area contributed by atoms with Crippen LogP contribution in [0.15, 0.2) is 42.5 Å². The van der Waals surface area contributed by atoms with Crippen molar-refractivity contribution < 1.29 is 13.9 Å². The Balaban J connectivity index is 1.66. The van der Waals surface area contributed by atoms with Crippen molar-refractivity contribution in [2.75, 3.05) is 26.3 Å². The summed E-state index contributed by atoms with van der Waals surface area (Å²) in [6, 6.07) is 14.9. The zero-order chi connectivity index (χ0) is 17.9. The summed E-state index contributed by atoms with van der Waals surface area (Å²) in [6.07, 6.45) is 1.85. The molecule has 2 aromatic rings. The van der Waals surface area contributed by atoms with Crippen molar-refractivity contribution in [3.63, 3.8) is 0 Å². The summed E-state index contributed by atoms with van der Waals surface area (Å²) in [6.45, 7) is 3.23. The van der Waals surface area contributed by atoms with Crippen molar-refractivity contribution >= 4 is 0 Å². The lowest BCUT2D eigenvalue weighted by Crippen LogP contribution is -2.49. The predicted molar refractivity (Wildman–Crippen MR) is 95.4 cm³/mol. The summed E-state index contributed by atoms with van der Waals surface area (Å²) in [5.41, 5.74) is 2.49. The number of hydrogen-bond acceptors (Lipinski definition) is 4. The normalized spacial score (nSPS) is 23.1. The lowest BCUT2D eigenvalue weighted by Gasteiger charge is -2.42. The molecule has 0 aromatic heterocycles. The molecular formula is C21H21FN2O2. The third kappa shape index (κ3) is 3.31. The second-order valence-electron chi connectivity index (χ2n) is 6.75. The number of morpholine rings is 1. The molecule has 2 aliphatic rings. The fourth-order valence-electron chi connectivity index (χ4n) is 3.93. The number of nitriles is 1. The van der Waals surface area contributed by atoms with E-state index in [1.807, 2.05) is 18.2 Å². The van der Waals surface area contributed by atoms with Crippen LogP contribution in [0, 0.1) is 17.1 Å². The third-order valence-corrected chi connectivity index (χ3v) is 5.26. The lowest BCUT2D eigenvalue weighted by atomic mass is 9.84. The van der Waals surface area contributed by atoms with Crippen LogP contribution in [0.3, 0.4) is 0 Å². The third-order valence-electron chi connectivity index (χ3n) is 5.26.